The minimum atomic E-state index is -4.39. The topological polar surface area (TPSA) is 103 Å². The average molecular weight is 492 g/mol. The van der Waals surface area contributed by atoms with Gasteiger partial charge in [0.2, 0.25) is 0 Å². The van der Waals surface area contributed by atoms with Crippen LogP contribution < -0.4 is 0 Å². The van der Waals surface area contributed by atoms with Crippen LogP contribution in [0.1, 0.15) is 61.8 Å². The molecule has 0 unspecified atom stereocenters. The number of aliphatic hydroxyl groups is 1. The zero-order valence-electron chi connectivity index (χ0n) is 19.3. The van der Waals surface area contributed by atoms with E-state index in [1.165, 1.54) is 6.20 Å². The van der Waals surface area contributed by atoms with Gasteiger partial charge in [0.05, 0.1) is 0 Å². The highest BCUT2D eigenvalue weighted by Crippen LogP contribution is 2.57. The van der Waals surface area contributed by atoms with Crippen LogP contribution in [0.4, 0.5) is 18.0 Å². The van der Waals surface area contributed by atoms with Crippen molar-refractivity contribution in [3.8, 4) is 0 Å². The van der Waals surface area contributed by atoms with Crippen molar-refractivity contribution >= 4 is 6.03 Å². The first-order valence-electron chi connectivity index (χ1n) is 12.3. The molecular weight excluding hydrogens is 463 g/mol. The number of likely N-dealkylation sites (tertiary alicyclic amines) is 2. The number of halogens is 3. The number of nitrogens with zero attached hydrogens (tertiary/aromatic N) is 6. The molecule has 0 aromatic carbocycles. The normalized spacial score (nSPS) is 26.3. The summed E-state index contributed by atoms with van der Waals surface area (Å²) in [5.41, 5.74) is -1.27. The van der Waals surface area contributed by atoms with Crippen LogP contribution in [0.2, 0.25) is 0 Å². The second-order valence-corrected chi connectivity index (χ2v) is 11.8. The second-order valence-electron chi connectivity index (χ2n) is 11.8. The fraction of sp³-hybridized carbons (Fsp3) is 0.739. The standard InChI is InChI=1S/C23H28F3N7O2/c24-23(25,26)16-1-4-27-33(16)9-14-5-20(6-14)10-31(11-20)19(34)32-12-21(13-32)7-15(8-21)17-28-18(30-29-17)22(35)2-3-22/h1,4,14-15,35H,2-3,5-13H2,(H,28,29,30). The van der Waals surface area contributed by atoms with Crippen LogP contribution in [0.25, 0.3) is 0 Å². The molecule has 2 N–H and O–H groups in total. The van der Waals surface area contributed by atoms with Gasteiger partial charge in [-0.15, -0.1) is 0 Å². The zero-order chi connectivity index (χ0) is 24.2. The number of aromatic nitrogens is 5. The van der Waals surface area contributed by atoms with Gasteiger partial charge in [0, 0.05) is 55.7 Å². The lowest BCUT2D eigenvalue weighted by atomic mass is 9.57. The average Bonchev–Trinajstić information content (AvgIpc) is 3.09. The lowest BCUT2D eigenvalue weighted by Crippen LogP contribution is -2.71. The third kappa shape index (κ3) is 3.39. The molecule has 12 heteroatoms. The lowest BCUT2D eigenvalue weighted by molar-refractivity contribution is -0.146. The number of hydrogen-bond donors (Lipinski definition) is 2. The molecule has 0 radical (unpaired) electrons. The summed E-state index contributed by atoms with van der Waals surface area (Å²) < 4.78 is 40.2. The predicted octanol–water partition coefficient (Wildman–Crippen LogP) is 2.71. The molecule has 7 rings (SSSR count). The van der Waals surface area contributed by atoms with Crippen molar-refractivity contribution in [3.05, 3.63) is 29.6 Å². The summed E-state index contributed by atoms with van der Waals surface area (Å²) >= 11 is 0. The van der Waals surface area contributed by atoms with Gasteiger partial charge in [-0.3, -0.25) is 9.78 Å². The number of H-pyrrole nitrogens is 1. The molecule has 2 saturated heterocycles. The Balaban J connectivity index is 0.857. The first-order valence-corrected chi connectivity index (χ1v) is 12.3. The molecule has 0 atom stereocenters. The maximum absolute atomic E-state index is 13.1. The zero-order valence-corrected chi connectivity index (χ0v) is 19.3. The van der Waals surface area contributed by atoms with Crippen LogP contribution in [0.15, 0.2) is 12.3 Å². The molecule has 5 fully saturated rings. The van der Waals surface area contributed by atoms with E-state index in [4.69, 9.17) is 0 Å². The van der Waals surface area contributed by atoms with Crippen LogP contribution in [0, 0.1) is 16.7 Å². The molecule has 35 heavy (non-hydrogen) atoms. The second kappa shape index (κ2) is 6.77. The van der Waals surface area contributed by atoms with E-state index in [1.807, 2.05) is 9.80 Å². The van der Waals surface area contributed by atoms with E-state index in [-0.39, 0.29) is 29.3 Å². The molecule has 2 aromatic rings. The number of amides is 2. The van der Waals surface area contributed by atoms with Crippen LogP contribution in [-0.2, 0) is 18.3 Å². The van der Waals surface area contributed by atoms with Crippen molar-refractivity contribution in [2.24, 2.45) is 16.7 Å². The van der Waals surface area contributed by atoms with Crippen molar-refractivity contribution < 1.29 is 23.1 Å². The first-order chi connectivity index (χ1) is 16.6. The molecule has 2 aliphatic heterocycles. The summed E-state index contributed by atoms with van der Waals surface area (Å²) in [7, 11) is 0. The highest BCUT2D eigenvalue weighted by Gasteiger charge is 2.59. The first kappa shape index (κ1) is 21.6. The van der Waals surface area contributed by atoms with Crippen molar-refractivity contribution in [3.63, 3.8) is 0 Å². The van der Waals surface area contributed by atoms with E-state index in [9.17, 15) is 23.1 Å². The van der Waals surface area contributed by atoms with Crippen molar-refractivity contribution in [2.75, 3.05) is 26.2 Å². The quantitative estimate of drug-likeness (QED) is 0.685. The molecule has 2 amide bonds. The number of hydrogen-bond acceptors (Lipinski definition) is 5. The summed E-state index contributed by atoms with van der Waals surface area (Å²) in [4.78, 5) is 21.2. The van der Waals surface area contributed by atoms with Crippen molar-refractivity contribution in [2.45, 2.75) is 62.8 Å². The van der Waals surface area contributed by atoms with Gasteiger partial charge in [0.1, 0.15) is 17.1 Å². The van der Waals surface area contributed by atoms with Crippen molar-refractivity contribution in [1.29, 1.82) is 0 Å². The number of aromatic amines is 1. The fourth-order valence-corrected chi connectivity index (χ4v) is 6.96. The van der Waals surface area contributed by atoms with Crippen LogP contribution in [-0.4, -0.2) is 72.1 Å². The maximum Gasteiger partial charge on any atom is 0.433 e. The van der Waals surface area contributed by atoms with E-state index in [0.717, 1.165) is 68.2 Å². The van der Waals surface area contributed by atoms with Gasteiger partial charge in [0.15, 0.2) is 5.82 Å². The van der Waals surface area contributed by atoms with E-state index >= 15 is 0 Å². The van der Waals surface area contributed by atoms with Gasteiger partial charge in [-0.1, -0.05) is 0 Å². The van der Waals surface area contributed by atoms with Crippen molar-refractivity contribution in [1.82, 2.24) is 34.8 Å². The third-order valence-corrected chi connectivity index (χ3v) is 8.92. The van der Waals surface area contributed by atoms with Crippen LogP contribution in [0.5, 0.6) is 0 Å². The number of carbonyl (C=O) groups is 1. The van der Waals surface area contributed by atoms with Gasteiger partial charge >= 0.3 is 12.2 Å². The van der Waals surface area contributed by atoms with E-state index < -0.39 is 17.5 Å². The molecule has 3 saturated carbocycles. The Labute approximate surface area is 199 Å². The smallest absolute Gasteiger partial charge is 0.382 e. The van der Waals surface area contributed by atoms with Gasteiger partial charge in [-0.25, -0.2) is 9.78 Å². The van der Waals surface area contributed by atoms with Crippen LogP contribution >= 0.6 is 0 Å². The van der Waals surface area contributed by atoms with E-state index in [1.54, 1.807) is 0 Å². The highest BCUT2D eigenvalue weighted by molar-refractivity contribution is 5.77. The fourth-order valence-electron chi connectivity index (χ4n) is 6.96. The molecule has 188 valence electrons. The molecule has 3 aliphatic carbocycles. The Morgan fingerprint density at radius 2 is 1.71 bits per heavy atom. The summed E-state index contributed by atoms with van der Waals surface area (Å²) in [6.07, 6.45) is 1.89. The number of nitrogens with one attached hydrogen (secondary N) is 1. The van der Waals surface area contributed by atoms with Gasteiger partial charge in [-0.2, -0.15) is 23.4 Å². The number of carbonyl (C=O) groups excluding carboxylic acids is 1. The molecule has 0 bridgehead atoms. The molecular formula is C23H28F3N7O2. The SMILES string of the molecule is O=C(N1CC2(CC(Cn3nccc3C(F)(F)F)C2)C1)N1CC2(CC(c3nc(C4(O)CC4)n[nH]3)C2)C1. The summed E-state index contributed by atoms with van der Waals surface area (Å²) in [6, 6.07) is 1.10. The van der Waals surface area contributed by atoms with E-state index in [2.05, 4.69) is 20.3 Å². The Bertz CT molecular complexity index is 1160. The summed E-state index contributed by atoms with van der Waals surface area (Å²) in [5, 5.41) is 21.2. The Morgan fingerprint density at radius 3 is 2.31 bits per heavy atom. The van der Waals surface area contributed by atoms with Gasteiger partial charge in [0.25, 0.3) is 0 Å². The Hall–Kier alpha value is -2.63. The maximum atomic E-state index is 13.1. The molecule has 5 aliphatic rings. The molecule has 2 spiro atoms. The monoisotopic (exact) mass is 491 g/mol. The molecule has 2 aromatic heterocycles. The van der Waals surface area contributed by atoms with Crippen LogP contribution in [0.3, 0.4) is 0 Å². The largest absolute Gasteiger partial charge is 0.433 e. The van der Waals surface area contributed by atoms with Gasteiger partial charge < -0.3 is 14.9 Å². The number of urea groups is 1. The highest BCUT2D eigenvalue weighted by atomic mass is 19.4. The minimum absolute atomic E-state index is 0.0750. The predicted molar refractivity (Wildman–Crippen MR) is 115 cm³/mol. The third-order valence-electron chi connectivity index (χ3n) is 8.92. The summed E-state index contributed by atoms with van der Waals surface area (Å²) in [6.45, 7) is 3.20. The number of alkyl halides is 3. The minimum Gasteiger partial charge on any atom is -0.382 e. The lowest BCUT2D eigenvalue weighted by Gasteiger charge is -2.63. The number of rotatable bonds is 4. The van der Waals surface area contributed by atoms with E-state index in [0.29, 0.717) is 24.8 Å². The Morgan fingerprint density at radius 1 is 1.09 bits per heavy atom. The molecule has 9 nitrogen and oxygen atoms in total. The summed E-state index contributed by atoms with van der Waals surface area (Å²) in [5.74, 6) is 1.83. The Kier molecular flexibility index (Phi) is 4.19. The molecule has 4 heterocycles. The van der Waals surface area contributed by atoms with Gasteiger partial charge in [-0.05, 0) is 50.5 Å².